The van der Waals surface area contributed by atoms with E-state index in [1.807, 2.05) is 61.0 Å². The number of para-hydroxylation sites is 1. The average molecular weight is 372 g/mol. The quantitative estimate of drug-likeness (QED) is 0.584. The highest BCUT2D eigenvalue weighted by Gasteiger charge is 2.14. The molecule has 140 valence electrons. The molecule has 0 aliphatic carbocycles. The molecular formula is C21H20N6O. The lowest BCUT2D eigenvalue weighted by atomic mass is 10.1. The SMILES string of the molecule is Cc1nn(-c2ccccc2)c(C)c1CNC(=O)c1ccc(-n2cncn2)cc1. The van der Waals surface area contributed by atoms with Crippen LogP contribution in [0, 0.1) is 13.8 Å². The number of nitrogens with one attached hydrogen (secondary N) is 1. The first-order valence-electron chi connectivity index (χ1n) is 8.97. The maximum absolute atomic E-state index is 12.5. The molecule has 4 rings (SSSR count). The first-order chi connectivity index (χ1) is 13.6. The Balaban J connectivity index is 1.47. The highest BCUT2D eigenvalue weighted by Crippen LogP contribution is 2.18. The van der Waals surface area contributed by atoms with E-state index in [2.05, 4.69) is 20.5 Å². The molecule has 0 spiro atoms. The molecule has 1 N–H and O–H groups in total. The number of carbonyl (C=O) groups excluding carboxylic acids is 1. The van der Waals surface area contributed by atoms with E-state index in [-0.39, 0.29) is 5.91 Å². The number of carbonyl (C=O) groups is 1. The minimum absolute atomic E-state index is 0.128. The molecule has 0 fully saturated rings. The number of amides is 1. The van der Waals surface area contributed by atoms with Gasteiger partial charge in [-0.05, 0) is 50.2 Å². The Bertz CT molecular complexity index is 1080. The van der Waals surface area contributed by atoms with E-state index < -0.39 is 0 Å². The van der Waals surface area contributed by atoms with E-state index in [1.54, 1.807) is 23.1 Å². The molecule has 2 heterocycles. The Morgan fingerprint density at radius 3 is 2.43 bits per heavy atom. The number of aryl methyl sites for hydroxylation is 1. The van der Waals surface area contributed by atoms with Gasteiger partial charge in [0.25, 0.3) is 5.91 Å². The molecule has 0 aliphatic rings. The zero-order valence-electron chi connectivity index (χ0n) is 15.7. The van der Waals surface area contributed by atoms with Crippen molar-refractivity contribution in [1.29, 1.82) is 0 Å². The van der Waals surface area contributed by atoms with Gasteiger partial charge in [0.15, 0.2) is 0 Å². The van der Waals surface area contributed by atoms with E-state index >= 15 is 0 Å². The van der Waals surface area contributed by atoms with Gasteiger partial charge >= 0.3 is 0 Å². The molecule has 28 heavy (non-hydrogen) atoms. The molecule has 0 unspecified atom stereocenters. The number of nitrogens with zero attached hydrogens (tertiary/aromatic N) is 5. The Morgan fingerprint density at radius 1 is 1.00 bits per heavy atom. The highest BCUT2D eigenvalue weighted by atomic mass is 16.1. The summed E-state index contributed by atoms with van der Waals surface area (Å²) in [4.78, 5) is 16.5. The lowest BCUT2D eigenvalue weighted by molar-refractivity contribution is 0.0951. The van der Waals surface area contributed by atoms with Crippen molar-refractivity contribution < 1.29 is 4.79 Å². The molecule has 7 heteroatoms. The topological polar surface area (TPSA) is 77.6 Å². The molecule has 0 radical (unpaired) electrons. The number of rotatable bonds is 5. The zero-order valence-corrected chi connectivity index (χ0v) is 15.7. The molecule has 0 saturated heterocycles. The van der Waals surface area contributed by atoms with Gasteiger partial charge in [-0.2, -0.15) is 10.2 Å². The summed E-state index contributed by atoms with van der Waals surface area (Å²) in [6, 6.07) is 17.2. The maximum atomic E-state index is 12.5. The largest absolute Gasteiger partial charge is 0.348 e. The molecule has 7 nitrogen and oxygen atoms in total. The molecular weight excluding hydrogens is 352 g/mol. The number of hydrogen-bond acceptors (Lipinski definition) is 4. The van der Waals surface area contributed by atoms with Gasteiger partial charge in [-0.3, -0.25) is 4.79 Å². The summed E-state index contributed by atoms with van der Waals surface area (Å²) in [6.45, 7) is 4.40. The van der Waals surface area contributed by atoms with Gasteiger partial charge in [-0.15, -0.1) is 0 Å². The smallest absolute Gasteiger partial charge is 0.251 e. The maximum Gasteiger partial charge on any atom is 0.251 e. The Kier molecular flexibility index (Phi) is 4.72. The third-order valence-corrected chi connectivity index (χ3v) is 4.68. The van der Waals surface area contributed by atoms with Gasteiger partial charge in [0.1, 0.15) is 12.7 Å². The van der Waals surface area contributed by atoms with Crippen molar-refractivity contribution in [2.45, 2.75) is 20.4 Å². The third kappa shape index (κ3) is 3.42. The molecule has 1 amide bonds. The fourth-order valence-electron chi connectivity index (χ4n) is 3.13. The molecule has 0 aliphatic heterocycles. The van der Waals surface area contributed by atoms with Gasteiger partial charge in [0.2, 0.25) is 0 Å². The van der Waals surface area contributed by atoms with Crippen molar-refractivity contribution in [3.63, 3.8) is 0 Å². The third-order valence-electron chi connectivity index (χ3n) is 4.68. The van der Waals surface area contributed by atoms with Crippen LogP contribution < -0.4 is 5.32 Å². The number of aromatic nitrogens is 5. The van der Waals surface area contributed by atoms with Gasteiger partial charge in [0, 0.05) is 23.4 Å². The standard InChI is InChI=1S/C21H20N6O/c1-15-20(16(2)27(25-15)19-6-4-3-5-7-19)12-23-21(28)17-8-10-18(11-9-17)26-14-22-13-24-26/h3-11,13-14H,12H2,1-2H3,(H,23,28). The van der Waals surface area contributed by atoms with Crippen molar-refractivity contribution >= 4 is 5.91 Å². The van der Waals surface area contributed by atoms with Crippen molar-refractivity contribution in [3.8, 4) is 11.4 Å². The Morgan fingerprint density at radius 2 is 1.75 bits per heavy atom. The molecule has 0 bridgehead atoms. The second-order valence-corrected chi connectivity index (χ2v) is 6.47. The van der Waals surface area contributed by atoms with Crippen LogP contribution in [0.25, 0.3) is 11.4 Å². The minimum Gasteiger partial charge on any atom is -0.348 e. The van der Waals surface area contributed by atoms with Crippen LogP contribution in [0.3, 0.4) is 0 Å². The summed E-state index contributed by atoms with van der Waals surface area (Å²) >= 11 is 0. The van der Waals surface area contributed by atoms with Crippen LogP contribution in [-0.2, 0) is 6.54 Å². The van der Waals surface area contributed by atoms with E-state index in [1.165, 1.54) is 6.33 Å². The van der Waals surface area contributed by atoms with Crippen LogP contribution in [0.2, 0.25) is 0 Å². The van der Waals surface area contributed by atoms with Gasteiger partial charge < -0.3 is 5.32 Å². The fraction of sp³-hybridized carbons (Fsp3) is 0.143. The summed E-state index contributed by atoms with van der Waals surface area (Å²) < 4.78 is 3.55. The normalized spacial score (nSPS) is 10.8. The Hall–Kier alpha value is -3.74. The monoisotopic (exact) mass is 372 g/mol. The summed E-state index contributed by atoms with van der Waals surface area (Å²) in [5.41, 5.74) is 5.40. The van der Waals surface area contributed by atoms with Crippen LogP contribution in [0.1, 0.15) is 27.3 Å². The summed E-state index contributed by atoms with van der Waals surface area (Å²) in [5.74, 6) is -0.128. The summed E-state index contributed by atoms with van der Waals surface area (Å²) in [7, 11) is 0. The molecule has 4 aromatic rings. The van der Waals surface area contributed by atoms with Gasteiger partial charge in [-0.25, -0.2) is 14.3 Å². The fourth-order valence-corrected chi connectivity index (χ4v) is 3.13. The van der Waals surface area contributed by atoms with Crippen LogP contribution in [0.15, 0.2) is 67.3 Å². The lowest BCUT2D eigenvalue weighted by Crippen LogP contribution is -2.23. The van der Waals surface area contributed by atoms with Crippen molar-refractivity contribution in [2.24, 2.45) is 0 Å². The van der Waals surface area contributed by atoms with Crippen molar-refractivity contribution in [3.05, 3.63) is 89.8 Å². The number of benzene rings is 2. The van der Waals surface area contributed by atoms with Crippen LogP contribution >= 0.6 is 0 Å². The van der Waals surface area contributed by atoms with Crippen molar-refractivity contribution in [2.75, 3.05) is 0 Å². The molecule has 0 saturated carbocycles. The predicted molar refractivity (Wildman–Crippen MR) is 106 cm³/mol. The van der Waals surface area contributed by atoms with Crippen molar-refractivity contribution in [1.82, 2.24) is 29.9 Å². The second kappa shape index (κ2) is 7.48. The summed E-state index contributed by atoms with van der Waals surface area (Å²) in [6.07, 6.45) is 3.09. The Labute approximate surface area is 162 Å². The van der Waals surface area contributed by atoms with E-state index in [9.17, 15) is 4.79 Å². The molecule has 2 aromatic carbocycles. The lowest BCUT2D eigenvalue weighted by Gasteiger charge is -2.08. The van der Waals surface area contributed by atoms with E-state index in [0.717, 1.165) is 28.3 Å². The van der Waals surface area contributed by atoms with Crippen LogP contribution in [0.5, 0.6) is 0 Å². The van der Waals surface area contributed by atoms with E-state index in [4.69, 9.17) is 0 Å². The number of hydrogen-bond donors (Lipinski definition) is 1. The molecule has 2 aromatic heterocycles. The zero-order chi connectivity index (χ0) is 19.5. The minimum atomic E-state index is -0.128. The van der Waals surface area contributed by atoms with Crippen LogP contribution in [0.4, 0.5) is 0 Å². The average Bonchev–Trinajstić information content (AvgIpc) is 3.36. The first kappa shape index (κ1) is 17.7. The van der Waals surface area contributed by atoms with E-state index in [0.29, 0.717) is 12.1 Å². The predicted octanol–water partition coefficient (Wildman–Crippen LogP) is 3.00. The van der Waals surface area contributed by atoms with Crippen LogP contribution in [-0.4, -0.2) is 30.5 Å². The first-order valence-corrected chi connectivity index (χ1v) is 8.97. The summed E-state index contributed by atoms with van der Waals surface area (Å²) in [5, 5.41) is 11.7. The second-order valence-electron chi connectivity index (χ2n) is 6.47. The van der Waals surface area contributed by atoms with Gasteiger partial charge in [0.05, 0.1) is 17.1 Å². The molecule has 0 atom stereocenters. The highest BCUT2D eigenvalue weighted by molar-refractivity contribution is 5.94. The van der Waals surface area contributed by atoms with Gasteiger partial charge in [-0.1, -0.05) is 18.2 Å².